The van der Waals surface area contributed by atoms with Crippen LogP contribution < -0.4 is 5.73 Å². The van der Waals surface area contributed by atoms with E-state index >= 15 is 0 Å². The fraction of sp³-hybridized carbons (Fsp3) is 0.438. The van der Waals surface area contributed by atoms with Crippen molar-refractivity contribution in [2.75, 3.05) is 0 Å². The molecule has 1 fully saturated rings. The number of aromatic nitrogens is 1. The van der Waals surface area contributed by atoms with E-state index in [1.807, 2.05) is 11.7 Å². The molecule has 1 saturated carbocycles. The number of thiazole rings is 1. The van der Waals surface area contributed by atoms with E-state index in [9.17, 15) is 0 Å². The minimum absolute atomic E-state index is 0.293. The first-order chi connectivity index (χ1) is 9.34. The molecule has 0 bridgehead atoms. The van der Waals surface area contributed by atoms with Gasteiger partial charge in [0.1, 0.15) is 0 Å². The van der Waals surface area contributed by atoms with Crippen molar-refractivity contribution in [3.05, 3.63) is 52.0 Å². The zero-order valence-electron chi connectivity index (χ0n) is 10.8. The Balaban J connectivity index is 1.54. The summed E-state index contributed by atoms with van der Waals surface area (Å²) < 4.78 is 0. The highest BCUT2D eigenvalue weighted by Gasteiger charge is 2.55. The summed E-state index contributed by atoms with van der Waals surface area (Å²) in [7, 11) is 0. The van der Waals surface area contributed by atoms with Crippen LogP contribution in [0, 0.1) is 11.8 Å². The molecule has 0 amide bonds. The van der Waals surface area contributed by atoms with Crippen molar-refractivity contribution in [1.29, 1.82) is 0 Å². The van der Waals surface area contributed by atoms with Gasteiger partial charge < -0.3 is 5.73 Å². The van der Waals surface area contributed by atoms with Gasteiger partial charge in [0.15, 0.2) is 0 Å². The van der Waals surface area contributed by atoms with Crippen LogP contribution in [0.5, 0.6) is 0 Å². The lowest BCUT2D eigenvalue weighted by atomic mass is 9.92. The molecule has 0 radical (unpaired) electrons. The minimum atomic E-state index is 0.293. The van der Waals surface area contributed by atoms with E-state index in [0.29, 0.717) is 12.0 Å². The molecule has 2 aromatic rings. The lowest BCUT2D eigenvalue weighted by Gasteiger charge is -2.13. The predicted octanol–water partition coefficient (Wildman–Crippen LogP) is 2.99. The van der Waals surface area contributed by atoms with E-state index in [1.165, 1.54) is 17.7 Å². The molecule has 0 spiro atoms. The van der Waals surface area contributed by atoms with Gasteiger partial charge in [-0.05, 0) is 48.1 Å². The quantitative estimate of drug-likeness (QED) is 0.931. The predicted molar refractivity (Wildman–Crippen MR) is 78.3 cm³/mol. The van der Waals surface area contributed by atoms with Gasteiger partial charge in [0.2, 0.25) is 0 Å². The average Bonchev–Trinajstić information content (AvgIpc) is 2.98. The second-order valence-electron chi connectivity index (χ2n) is 5.84. The molecule has 1 heterocycles. The number of nitrogens with two attached hydrogens (primary N) is 1. The van der Waals surface area contributed by atoms with Crippen LogP contribution in [-0.2, 0) is 12.8 Å². The van der Waals surface area contributed by atoms with E-state index in [4.69, 9.17) is 5.73 Å². The monoisotopic (exact) mass is 270 g/mol. The number of nitrogens with zero attached hydrogens (tertiary/aromatic N) is 1. The molecule has 2 aliphatic carbocycles. The van der Waals surface area contributed by atoms with Crippen molar-refractivity contribution in [1.82, 2.24) is 4.98 Å². The average molecular weight is 270 g/mol. The summed E-state index contributed by atoms with van der Waals surface area (Å²) in [5, 5.41) is 0. The molecule has 2 nitrogen and oxygen atoms in total. The molecule has 19 heavy (non-hydrogen) atoms. The Bertz CT molecular complexity index is 578. The van der Waals surface area contributed by atoms with Gasteiger partial charge in [-0.2, -0.15) is 0 Å². The largest absolute Gasteiger partial charge is 0.327 e. The molecule has 0 saturated heterocycles. The van der Waals surface area contributed by atoms with Crippen LogP contribution in [0.25, 0.3) is 0 Å². The van der Waals surface area contributed by atoms with Crippen LogP contribution in [0.1, 0.15) is 28.3 Å². The molecule has 0 aliphatic heterocycles. The van der Waals surface area contributed by atoms with Crippen molar-refractivity contribution < 1.29 is 0 Å². The van der Waals surface area contributed by atoms with Crippen LogP contribution >= 0.6 is 11.3 Å². The topological polar surface area (TPSA) is 38.9 Å². The zero-order chi connectivity index (χ0) is 12.8. The Labute approximate surface area is 117 Å². The Morgan fingerprint density at radius 1 is 1.37 bits per heavy atom. The summed E-state index contributed by atoms with van der Waals surface area (Å²) in [5.41, 5.74) is 11.5. The van der Waals surface area contributed by atoms with E-state index in [-0.39, 0.29) is 0 Å². The van der Waals surface area contributed by atoms with Gasteiger partial charge in [0.25, 0.3) is 0 Å². The van der Waals surface area contributed by atoms with Crippen molar-refractivity contribution in [3.63, 3.8) is 0 Å². The number of rotatable bonds is 3. The molecule has 2 aliphatic rings. The second-order valence-corrected chi connectivity index (χ2v) is 6.81. The lowest BCUT2D eigenvalue weighted by Crippen LogP contribution is -2.26. The number of hydrogen-bond acceptors (Lipinski definition) is 3. The molecular formula is C16H18N2S. The number of fused-ring (bicyclic) bond motifs is 3. The number of aryl methyl sites for hydroxylation is 1. The standard InChI is InChI=1S/C16H18N2S/c17-14(7-11-8-18-9-19-11)16-13-6-5-10-3-1-2-4-12(10)15(13)16/h1-4,8-9,13-16H,5-7,17H2. The maximum atomic E-state index is 6.47. The summed E-state index contributed by atoms with van der Waals surface area (Å²) >= 11 is 1.72. The molecule has 98 valence electrons. The fourth-order valence-electron chi connectivity index (χ4n) is 3.91. The summed E-state index contributed by atoms with van der Waals surface area (Å²) in [6.07, 6.45) is 5.51. The highest BCUT2D eigenvalue weighted by Crippen LogP contribution is 2.61. The Morgan fingerprint density at radius 2 is 2.26 bits per heavy atom. The van der Waals surface area contributed by atoms with Gasteiger partial charge in [0, 0.05) is 17.1 Å². The third-order valence-corrected chi connectivity index (χ3v) is 5.61. The van der Waals surface area contributed by atoms with E-state index < -0.39 is 0 Å². The SMILES string of the molecule is NC(Cc1cncs1)C1C2CCc3ccccc3C21. The van der Waals surface area contributed by atoms with Gasteiger partial charge in [-0.25, -0.2) is 0 Å². The van der Waals surface area contributed by atoms with Gasteiger partial charge in [0.05, 0.1) is 5.51 Å². The first-order valence-electron chi connectivity index (χ1n) is 7.05. The maximum absolute atomic E-state index is 6.47. The molecule has 3 heteroatoms. The first-order valence-corrected chi connectivity index (χ1v) is 7.93. The number of hydrogen-bond donors (Lipinski definition) is 1. The summed E-state index contributed by atoms with van der Waals surface area (Å²) in [6, 6.07) is 9.22. The third-order valence-electron chi connectivity index (χ3n) is 4.81. The molecule has 4 rings (SSSR count). The van der Waals surface area contributed by atoms with E-state index in [1.54, 1.807) is 22.5 Å². The minimum Gasteiger partial charge on any atom is -0.327 e. The summed E-state index contributed by atoms with van der Waals surface area (Å²) in [6.45, 7) is 0. The molecule has 1 aromatic carbocycles. The highest BCUT2D eigenvalue weighted by molar-refractivity contribution is 7.09. The Kier molecular flexibility index (Phi) is 2.71. The van der Waals surface area contributed by atoms with Crippen LogP contribution in [0.2, 0.25) is 0 Å². The lowest BCUT2D eigenvalue weighted by molar-refractivity contribution is 0.534. The van der Waals surface area contributed by atoms with Crippen molar-refractivity contribution in [3.8, 4) is 0 Å². The van der Waals surface area contributed by atoms with Crippen LogP contribution in [0.4, 0.5) is 0 Å². The van der Waals surface area contributed by atoms with E-state index in [2.05, 4.69) is 29.2 Å². The fourth-order valence-corrected chi connectivity index (χ4v) is 4.58. The first kappa shape index (κ1) is 11.6. The van der Waals surface area contributed by atoms with Gasteiger partial charge in [-0.1, -0.05) is 24.3 Å². The molecule has 4 atom stereocenters. The third kappa shape index (κ3) is 1.92. The smallest absolute Gasteiger partial charge is 0.0794 e. The molecule has 2 N–H and O–H groups in total. The summed E-state index contributed by atoms with van der Waals surface area (Å²) in [4.78, 5) is 5.47. The highest BCUT2D eigenvalue weighted by atomic mass is 32.1. The van der Waals surface area contributed by atoms with Crippen molar-refractivity contribution in [2.24, 2.45) is 17.6 Å². The Morgan fingerprint density at radius 3 is 3.11 bits per heavy atom. The molecular weight excluding hydrogens is 252 g/mol. The van der Waals surface area contributed by atoms with Crippen molar-refractivity contribution >= 4 is 11.3 Å². The van der Waals surface area contributed by atoms with E-state index in [0.717, 1.165) is 18.3 Å². The summed E-state index contributed by atoms with van der Waals surface area (Å²) in [5.74, 6) is 2.25. The van der Waals surface area contributed by atoms with Crippen LogP contribution in [0.15, 0.2) is 36.0 Å². The van der Waals surface area contributed by atoms with Gasteiger partial charge in [-0.15, -0.1) is 11.3 Å². The normalized spacial score (nSPS) is 29.4. The maximum Gasteiger partial charge on any atom is 0.0794 e. The second kappa shape index (κ2) is 4.43. The van der Waals surface area contributed by atoms with Gasteiger partial charge in [-0.3, -0.25) is 4.98 Å². The Hall–Kier alpha value is -1.19. The van der Waals surface area contributed by atoms with Crippen LogP contribution in [0.3, 0.4) is 0 Å². The zero-order valence-corrected chi connectivity index (χ0v) is 11.6. The molecule has 1 aromatic heterocycles. The van der Waals surface area contributed by atoms with Crippen LogP contribution in [-0.4, -0.2) is 11.0 Å². The van der Waals surface area contributed by atoms with Crippen molar-refractivity contribution in [2.45, 2.75) is 31.2 Å². The molecule has 4 unspecified atom stereocenters. The van der Waals surface area contributed by atoms with Gasteiger partial charge >= 0.3 is 0 Å². The number of benzene rings is 1.